The first-order valence-electron chi connectivity index (χ1n) is 7.28. The summed E-state index contributed by atoms with van der Waals surface area (Å²) in [6.45, 7) is 5.50. The van der Waals surface area contributed by atoms with Gasteiger partial charge < -0.3 is 4.90 Å². The molecule has 0 aliphatic carbocycles. The second kappa shape index (κ2) is 6.88. The summed E-state index contributed by atoms with van der Waals surface area (Å²) in [6.07, 6.45) is 4.15. The first-order chi connectivity index (χ1) is 9.20. The van der Waals surface area contributed by atoms with Gasteiger partial charge in [0.2, 0.25) is 5.91 Å². The van der Waals surface area contributed by atoms with Gasteiger partial charge in [-0.15, -0.1) is 0 Å². The van der Waals surface area contributed by atoms with Gasteiger partial charge in [-0.25, -0.2) is 0 Å². The number of hydrogen-bond donors (Lipinski definition) is 0. The average molecular weight is 264 g/mol. The van der Waals surface area contributed by atoms with Gasteiger partial charge in [0.15, 0.2) is 0 Å². The highest BCUT2D eigenvalue weighted by atomic mass is 16.2. The Morgan fingerprint density at radius 1 is 1.37 bits per heavy atom. The zero-order chi connectivity index (χ0) is 13.7. The van der Waals surface area contributed by atoms with Crippen LogP contribution in [0.3, 0.4) is 0 Å². The van der Waals surface area contributed by atoms with E-state index < -0.39 is 0 Å². The standard InChI is InChI=1S/C14H24N4O/c1-16(7-3-6-15)14(19)12-17-8-4-10-18-9-2-5-13(18)11-17/h13H,2-5,7-12H2,1H3. The third-order valence-electron chi connectivity index (χ3n) is 4.23. The van der Waals surface area contributed by atoms with Crippen LogP contribution in [-0.2, 0) is 4.79 Å². The van der Waals surface area contributed by atoms with E-state index in [1.807, 2.05) is 0 Å². The Kier molecular flexibility index (Phi) is 5.17. The first-order valence-corrected chi connectivity index (χ1v) is 7.28. The van der Waals surface area contributed by atoms with Crippen molar-refractivity contribution in [3.05, 3.63) is 0 Å². The van der Waals surface area contributed by atoms with Gasteiger partial charge in [0.1, 0.15) is 0 Å². The minimum absolute atomic E-state index is 0.140. The maximum absolute atomic E-state index is 12.1. The van der Waals surface area contributed by atoms with Crippen LogP contribution in [0.5, 0.6) is 0 Å². The Labute approximate surface area is 115 Å². The van der Waals surface area contributed by atoms with Crippen LogP contribution < -0.4 is 0 Å². The molecule has 19 heavy (non-hydrogen) atoms. The molecule has 0 aromatic carbocycles. The molecular weight excluding hydrogens is 240 g/mol. The van der Waals surface area contributed by atoms with Crippen molar-refractivity contribution in [2.75, 3.05) is 46.3 Å². The molecule has 5 nitrogen and oxygen atoms in total. The van der Waals surface area contributed by atoms with Crippen molar-refractivity contribution in [3.63, 3.8) is 0 Å². The summed E-state index contributed by atoms with van der Waals surface area (Å²) in [5, 5.41) is 8.55. The van der Waals surface area contributed by atoms with Gasteiger partial charge in [0.05, 0.1) is 19.0 Å². The van der Waals surface area contributed by atoms with E-state index >= 15 is 0 Å². The van der Waals surface area contributed by atoms with Gasteiger partial charge in [-0.3, -0.25) is 14.6 Å². The first kappa shape index (κ1) is 14.3. The summed E-state index contributed by atoms with van der Waals surface area (Å²) in [5.41, 5.74) is 0. The second-order valence-corrected chi connectivity index (χ2v) is 5.64. The molecule has 106 valence electrons. The Morgan fingerprint density at radius 3 is 2.95 bits per heavy atom. The second-order valence-electron chi connectivity index (χ2n) is 5.64. The Balaban J connectivity index is 1.81. The van der Waals surface area contributed by atoms with E-state index in [1.165, 1.54) is 25.9 Å². The number of rotatable bonds is 4. The topological polar surface area (TPSA) is 50.6 Å². The molecule has 2 aliphatic rings. The molecule has 2 rings (SSSR count). The van der Waals surface area contributed by atoms with Crippen molar-refractivity contribution < 1.29 is 4.79 Å². The largest absolute Gasteiger partial charge is 0.344 e. The van der Waals surface area contributed by atoms with Crippen LogP contribution in [0.15, 0.2) is 0 Å². The van der Waals surface area contributed by atoms with Gasteiger partial charge in [0.25, 0.3) is 0 Å². The lowest BCUT2D eigenvalue weighted by molar-refractivity contribution is -0.131. The number of carbonyl (C=O) groups is 1. The van der Waals surface area contributed by atoms with Crippen LogP contribution in [0.4, 0.5) is 0 Å². The summed E-state index contributed by atoms with van der Waals surface area (Å²) >= 11 is 0. The summed E-state index contributed by atoms with van der Waals surface area (Å²) in [4.78, 5) is 18.6. The Morgan fingerprint density at radius 2 is 2.16 bits per heavy atom. The van der Waals surface area contributed by atoms with E-state index in [-0.39, 0.29) is 5.91 Å². The summed E-state index contributed by atoms with van der Waals surface area (Å²) in [6, 6.07) is 2.74. The highest BCUT2D eigenvalue weighted by Crippen LogP contribution is 2.21. The Bertz CT molecular complexity index is 352. The molecule has 1 unspecified atom stereocenters. The van der Waals surface area contributed by atoms with Crippen molar-refractivity contribution >= 4 is 5.91 Å². The number of nitrogens with zero attached hydrogens (tertiary/aromatic N) is 4. The lowest BCUT2D eigenvalue weighted by Gasteiger charge is -2.26. The summed E-state index contributed by atoms with van der Waals surface area (Å²) in [5.74, 6) is 0.140. The fourth-order valence-corrected chi connectivity index (χ4v) is 3.08. The van der Waals surface area contributed by atoms with Crippen LogP contribution >= 0.6 is 0 Å². The maximum atomic E-state index is 12.1. The molecule has 0 bridgehead atoms. The SMILES string of the molecule is CN(CCC#N)C(=O)CN1CCCN2CCCC2C1. The van der Waals surface area contributed by atoms with E-state index in [4.69, 9.17) is 5.26 Å². The molecule has 0 spiro atoms. The van der Waals surface area contributed by atoms with Crippen molar-refractivity contribution in [3.8, 4) is 6.07 Å². The van der Waals surface area contributed by atoms with E-state index in [9.17, 15) is 4.79 Å². The molecule has 5 heteroatoms. The van der Waals surface area contributed by atoms with Gasteiger partial charge in [-0.2, -0.15) is 5.26 Å². The van der Waals surface area contributed by atoms with E-state index in [0.29, 0.717) is 25.6 Å². The highest BCUT2D eigenvalue weighted by Gasteiger charge is 2.29. The maximum Gasteiger partial charge on any atom is 0.236 e. The van der Waals surface area contributed by atoms with E-state index in [0.717, 1.165) is 19.5 Å². The lowest BCUT2D eigenvalue weighted by Crippen LogP contribution is -2.42. The molecule has 0 saturated carbocycles. The molecular formula is C14H24N4O. The van der Waals surface area contributed by atoms with Crippen LogP contribution in [0.1, 0.15) is 25.7 Å². The fourth-order valence-electron chi connectivity index (χ4n) is 3.08. The molecule has 0 N–H and O–H groups in total. The van der Waals surface area contributed by atoms with Crippen molar-refractivity contribution in [2.24, 2.45) is 0 Å². The predicted molar refractivity (Wildman–Crippen MR) is 73.5 cm³/mol. The number of carbonyl (C=O) groups excluding carboxylic acids is 1. The molecule has 0 aromatic rings. The highest BCUT2D eigenvalue weighted by molar-refractivity contribution is 5.78. The lowest BCUT2D eigenvalue weighted by atomic mass is 10.2. The molecule has 2 fully saturated rings. The average Bonchev–Trinajstić information content (AvgIpc) is 2.75. The minimum atomic E-state index is 0.140. The van der Waals surface area contributed by atoms with Gasteiger partial charge in [-0.05, 0) is 38.9 Å². The molecule has 1 amide bonds. The zero-order valence-electron chi connectivity index (χ0n) is 11.8. The smallest absolute Gasteiger partial charge is 0.236 e. The molecule has 0 radical (unpaired) electrons. The molecule has 2 saturated heterocycles. The molecule has 2 heterocycles. The van der Waals surface area contributed by atoms with Gasteiger partial charge in [-0.1, -0.05) is 0 Å². The summed E-state index contributed by atoms with van der Waals surface area (Å²) < 4.78 is 0. The number of likely N-dealkylation sites (N-methyl/N-ethyl adjacent to an activating group) is 1. The normalized spacial score (nSPS) is 24.5. The van der Waals surface area contributed by atoms with E-state index in [2.05, 4.69) is 15.9 Å². The van der Waals surface area contributed by atoms with Gasteiger partial charge >= 0.3 is 0 Å². The zero-order valence-corrected chi connectivity index (χ0v) is 11.8. The quantitative estimate of drug-likeness (QED) is 0.743. The van der Waals surface area contributed by atoms with Crippen LogP contribution in [-0.4, -0.2) is 73.0 Å². The van der Waals surface area contributed by atoms with E-state index in [1.54, 1.807) is 11.9 Å². The third-order valence-corrected chi connectivity index (χ3v) is 4.23. The third kappa shape index (κ3) is 3.92. The minimum Gasteiger partial charge on any atom is -0.344 e. The number of nitriles is 1. The molecule has 2 aliphatic heterocycles. The number of amides is 1. The number of hydrogen-bond acceptors (Lipinski definition) is 4. The molecule has 1 atom stereocenters. The monoisotopic (exact) mass is 264 g/mol. The van der Waals surface area contributed by atoms with Crippen molar-refractivity contribution in [1.82, 2.24) is 14.7 Å². The van der Waals surface area contributed by atoms with Crippen LogP contribution in [0, 0.1) is 11.3 Å². The van der Waals surface area contributed by atoms with Crippen LogP contribution in [0.25, 0.3) is 0 Å². The van der Waals surface area contributed by atoms with Gasteiger partial charge in [0, 0.05) is 26.2 Å². The number of fused-ring (bicyclic) bond motifs is 1. The fraction of sp³-hybridized carbons (Fsp3) is 0.857. The van der Waals surface area contributed by atoms with Crippen LogP contribution in [0.2, 0.25) is 0 Å². The van der Waals surface area contributed by atoms with Crippen molar-refractivity contribution in [2.45, 2.75) is 31.7 Å². The predicted octanol–water partition coefficient (Wildman–Crippen LogP) is 0.529. The van der Waals surface area contributed by atoms with Crippen molar-refractivity contribution in [1.29, 1.82) is 5.26 Å². The molecule has 0 aromatic heterocycles. The summed E-state index contributed by atoms with van der Waals surface area (Å²) in [7, 11) is 1.79. The Hall–Kier alpha value is -1.12.